The second-order valence-electron chi connectivity index (χ2n) is 7.65. The first-order chi connectivity index (χ1) is 13.6. The Morgan fingerprint density at radius 3 is 2.39 bits per heavy atom. The van der Waals surface area contributed by atoms with Gasteiger partial charge in [0.25, 0.3) is 0 Å². The average molecular weight is 405 g/mol. The average Bonchev–Trinajstić information content (AvgIpc) is 2.73. The molecule has 2 aromatic rings. The lowest BCUT2D eigenvalue weighted by molar-refractivity contribution is 0.180. The van der Waals surface area contributed by atoms with Gasteiger partial charge in [0.1, 0.15) is 10.8 Å². The highest BCUT2D eigenvalue weighted by atomic mass is 35.5. The van der Waals surface area contributed by atoms with Gasteiger partial charge in [-0.15, -0.1) is 0 Å². The Kier molecular flexibility index (Phi) is 7.75. The molecule has 0 radical (unpaired) electrons. The van der Waals surface area contributed by atoms with Crippen LogP contribution in [-0.4, -0.2) is 20.3 Å². The molecule has 0 amide bonds. The molecular weight excluding hydrogens is 375 g/mol. The second kappa shape index (κ2) is 10.3. The topological polar surface area (TPSA) is 18.5 Å². The van der Waals surface area contributed by atoms with Crippen molar-refractivity contribution in [3.63, 3.8) is 0 Å². The summed E-state index contributed by atoms with van der Waals surface area (Å²) < 4.78 is 25.2. The number of halogens is 2. The van der Waals surface area contributed by atoms with E-state index in [0.717, 1.165) is 24.5 Å². The van der Waals surface area contributed by atoms with E-state index in [-0.39, 0.29) is 5.02 Å². The Bertz CT molecular complexity index is 752. The van der Waals surface area contributed by atoms with Crippen LogP contribution in [-0.2, 0) is 4.74 Å². The summed E-state index contributed by atoms with van der Waals surface area (Å²) in [4.78, 5) is 0. The molecule has 2 nitrogen and oxygen atoms in total. The molecule has 0 N–H and O–H groups in total. The molecule has 1 aliphatic rings. The monoisotopic (exact) mass is 404 g/mol. The zero-order valence-corrected chi connectivity index (χ0v) is 17.6. The first-order valence-corrected chi connectivity index (χ1v) is 10.7. The van der Waals surface area contributed by atoms with Crippen molar-refractivity contribution in [2.75, 3.05) is 20.3 Å². The van der Waals surface area contributed by atoms with Gasteiger partial charge in [0.05, 0.1) is 6.61 Å². The summed E-state index contributed by atoms with van der Waals surface area (Å²) in [6.07, 6.45) is 7.49. The standard InChI is InChI=1S/C24H30ClFO2/c1-3-28-22-15-14-21(24(26)23(22)25)20-12-10-19(11-13-20)18-8-6-17(7-9-18)5-4-16-27-2/h10-15,17-18H,3-9,16H2,1-2H3. The van der Waals surface area contributed by atoms with Gasteiger partial charge in [0.2, 0.25) is 0 Å². The number of ether oxygens (including phenoxy) is 2. The van der Waals surface area contributed by atoms with E-state index in [4.69, 9.17) is 21.1 Å². The minimum Gasteiger partial charge on any atom is -0.492 e. The highest BCUT2D eigenvalue weighted by Crippen LogP contribution is 2.39. The van der Waals surface area contributed by atoms with Gasteiger partial charge in [0.15, 0.2) is 5.82 Å². The van der Waals surface area contributed by atoms with Crippen LogP contribution < -0.4 is 4.74 Å². The molecule has 0 atom stereocenters. The first-order valence-electron chi connectivity index (χ1n) is 10.3. The molecule has 0 spiro atoms. The predicted octanol–water partition coefficient (Wildman–Crippen LogP) is 7.25. The van der Waals surface area contributed by atoms with Crippen molar-refractivity contribution < 1.29 is 13.9 Å². The van der Waals surface area contributed by atoms with Crippen LogP contribution in [0.5, 0.6) is 5.75 Å². The number of benzene rings is 2. The predicted molar refractivity (Wildman–Crippen MR) is 114 cm³/mol. The quantitative estimate of drug-likeness (QED) is 0.431. The number of rotatable bonds is 8. The fraction of sp³-hybridized carbons (Fsp3) is 0.500. The van der Waals surface area contributed by atoms with Crippen molar-refractivity contribution in [1.82, 2.24) is 0 Å². The largest absolute Gasteiger partial charge is 0.492 e. The normalized spacial score (nSPS) is 19.6. The maximum absolute atomic E-state index is 14.7. The molecule has 152 valence electrons. The molecule has 0 unspecified atom stereocenters. The highest BCUT2D eigenvalue weighted by molar-refractivity contribution is 6.32. The third-order valence-corrected chi connectivity index (χ3v) is 6.20. The third kappa shape index (κ3) is 5.07. The molecule has 2 aromatic carbocycles. The van der Waals surface area contributed by atoms with Gasteiger partial charge in [-0.1, -0.05) is 35.9 Å². The summed E-state index contributed by atoms with van der Waals surface area (Å²) in [5.74, 6) is 1.42. The van der Waals surface area contributed by atoms with Crippen molar-refractivity contribution in [3.05, 3.63) is 52.8 Å². The van der Waals surface area contributed by atoms with E-state index in [0.29, 0.717) is 23.8 Å². The van der Waals surface area contributed by atoms with Gasteiger partial charge < -0.3 is 9.47 Å². The van der Waals surface area contributed by atoms with Gasteiger partial charge in [0, 0.05) is 19.3 Å². The van der Waals surface area contributed by atoms with Crippen LogP contribution in [0.15, 0.2) is 36.4 Å². The zero-order chi connectivity index (χ0) is 19.9. The molecule has 0 aliphatic heterocycles. The molecular formula is C24H30ClFO2. The summed E-state index contributed by atoms with van der Waals surface area (Å²) in [5, 5.41) is 0.0511. The van der Waals surface area contributed by atoms with Crippen molar-refractivity contribution in [3.8, 4) is 16.9 Å². The third-order valence-electron chi connectivity index (χ3n) is 5.85. The SMILES string of the molecule is CCOc1ccc(-c2ccc(C3CCC(CCCOC)CC3)cc2)c(F)c1Cl. The maximum Gasteiger partial charge on any atom is 0.153 e. The summed E-state index contributed by atoms with van der Waals surface area (Å²) in [6, 6.07) is 11.8. The number of hydrogen-bond acceptors (Lipinski definition) is 2. The van der Waals surface area contributed by atoms with E-state index in [1.165, 1.54) is 37.7 Å². The van der Waals surface area contributed by atoms with Crippen LogP contribution in [0.1, 0.15) is 56.9 Å². The lowest BCUT2D eigenvalue weighted by Crippen LogP contribution is -2.13. The Balaban J connectivity index is 1.64. The molecule has 0 bridgehead atoms. The summed E-state index contributed by atoms with van der Waals surface area (Å²) in [5.41, 5.74) is 2.72. The number of methoxy groups -OCH3 is 1. The van der Waals surface area contributed by atoms with Crippen molar-refractivity contribution >= 4 is 11.6 Å². The van der Waals surface area contributed by atoms with Crippen molar-refractivity contribution in [2.45, 2.75) is 51.4 Å². The van der Waals surface area contributed by atoms with E-state index in [1.807, 2.05) is 19.1 Å². The molecule has 1 fully saturated rings. The smallest absolute Gasteiger partial charge is 0.153 e. The van der Waals surface area contributed by atoms with E-state index in [2.05, 4.69) is 12.1 Å². The minimum atomic E-state index is -0.420. The maximum atomic E-state index is 14.7. The molecule has 28 heavy (non-hydrogen) atoms. The summed E-state index contributed by atoms with van der Waals surface area (Å²) >= 11 is 6.13. The van der Waals surface area contributed by atoms with Gasteiger partial charge >= 0.3 is 0 Å². The lowest BCUT2D eigenvalue weighted by atomic mass is 9.77. The molecule has 0 saturated heterocycles. The fourth-order valence-corrected chi connectivity index (χ4v) is 4.48. The summed E-state index contributed by atoms with van der Waals surface area (Å²) in [6.45, 7) is 3.18. The molecule has 1 aliphatic carbocycles. The molecule has 0 aromatic heterocycles. The molecule has 1 saturated carbocycles. The van der Waals surface area contributed by atoms with E-state index in [1.54, 1.807) is 19.2 Å². The molecule has 4 heteroatoms. The minimum absolute atomic E-state index is 0.0511. The Morgan fingerprint density at radius 1 is 1.04 bits per heavy atom. The molecule has 3 rings (SSSR count). The highest BCUT2D eigenvalue weighted by Gasteiger charge is 2.22. The van der Waals surface area contributed by atoms with Gasteiger partial charge in [-0.2, -0.15) is 0 Å². The van der Waals surface area contributed by atoms with Crippen LogP contribution in [0.3, 0.4) is 0 Å². The van der Waals surface area contributed by atoms with E-state index < -0.39 is 5.82 Å². The van der Waals surface area contributed by atoms with Crippen LogP contribution in [0.25, 0.3) is 11.1 Å². The zero-order valence-electron chi connectivity index (χ0n) is 16.8. The molecule has 0 heterocycles. The van der Waals surface area contributed by atoms with Crippen LogP contribution in [0.4, 0.5) is 4.39 Å². The van der Waals surface area contributed by atoms with Crippen LogP contribution in [0.2, 0.25) is 5.02 Å². The van der Waals surface area contributed by atoms with Crippen molar-refractivity contribution in [2.24, 2.45) is 5.92 Å². The van der Waals surface area contributed by atoms with E-state index in [9.17, 15) is 4.39 Å². The van der Waals surface area contributed by atoms with E-state index >= 15 is 0 Å². The lowest BCUT2D eigenvalue weighted by Gasteiger charge is -2.29. The van der Waals surface area contributed by atoms with Gasteiger partial charge in [-0.25, -0.2) is 4.39 Å². The summed E-state index contributed by atoms with van der Waals surface area (Å²) in [7, 11) is 1.77. The number of hydrogen-bond donors (Lipinski definition) is 0. The second-order valence-corrected chi connectivity index (χ2v) is 8.02. The van der Waals surface area contributed by atoms with Gasteiger partial charge in [-0.05, 0) is 80.5 Å². The Hall–Kier alpha value is -1.58. The Morgan fingerprint density at radius 2 is 1.75 bits per heavy atom. The van der Waals surface area contributed by atoms with Crippen LogP contribution in [0, 0.1) is 11.7 Å². The first kappa shape index (κ1) is 21.1. The van der Waals surface area contributed by atoms with Crippen molar-refractivity contribution in [1.29, 1.82) is 0 Å². The fourth-order valence-electron chi connectivity index (χ4n) is 4.26. The Labute approximate surface area is 173 Å². The van der Waals surface area contributed by atoms with Gasteiger partial charge in [-0.3, -0.25) is 0 Å². The van der Waals surface area contributed by atoms with Crippen LogP contribution >= 0.6 is 11.6 Å².